The summed E-state index contributed by atoms with van der Waals surface area (Å²) in [4.78, 5) is 0. The van der Waals surface area contributed by atoms with E-state index < -0.39 is 0 Å². The van der Waals surface area contributed by atoms with E-state index in [1.165, 1.54) is 0 Å². The zero-order valence-electron chi connectivity index (χ0n) is 9.01. The van der Waals surface area contributed by atoms with Crippen LogP contribution in [0.2, 0.25) is 10.0 Å². The first-order valence-electron chi connectivity index (χ1n) is 5.10. The predicted molar refractivity (Wildman–Crippen MR) is 69.5 cm³/mol. The molecule has 0 saturated heterocycles. The third-order valence-corrected chi connectivity index (χ3v) is 2.57. The van der Waals surface area contributed by atoms with Crippen LogP contribution in [0.5, 0.6) is 5.75 Å². The minimum atomic E-state index is 0.528. The van der Waals surface area contributed by atoms with Crippen molar-refractivity contribution in [2.45, 2.75) is 12.8 Å². The molecule has 0 bridgehead atoms. The van der Waals surface area contributed by atoms with E-state index in [2.05, 4.69) is 6.58 Å². The average molecular weight is 260 g/mol. The Labute approximate surface area is 106 Å². The number of benzene rings is 1. The van der Waals surface area contributed by atoms with Crippen molar-refractivity contribution in [3.8, 4) is 5.75 Å². The molecule has 0 radical (unpaired) electrons. The first-order chi connectivity index (χ1) is 7.69. The highest BCUT2D eigenvalue weighted by atomic mass is 35.5. The third kappa shape index (κ3) is 3.71. The van der Waals surface area contributed by atoms with Crippen LogP contribution < -0.4 is 10.5 Å². The van der Waals surface area contributed by atoms with Gasteiger partial charge in [-0.3, -0.25) is 0 Å². The fraction of sp³-hybridized carbons (Fsp3) is 0.333. The Morgan fingerprint density at radius 1 is 1.38 bits per heavy atom. The summed E-state index contributed by atoms with van der Waals surface area (Å²) >= 11 is 12.0. The number of nitrogens with two attached hydrogens (primary N) is 1. The largest absolute Gasteiger partial charge is 0.491 e. The van der Waals surface area contributed by atoms with E-state index in [1.807, 2.05) is 6.07 Å². The van der Waals surface area contributed by atoms with Crippen LogP contribution in [-0.4, -0.2) is 13.2 Å². The minimum absolute atomic E-state index is 0.528. The monoisotopic (exact) mass is 259 g/mol. The Kier molecular flexibility index (Phi) is 5.67. The molecule has 0 heterocycles. The van der Waals surface area contributed by atoms with E-state index >= 15 is 0 Å². The van der Waals surface area contributed by atoms with E-state index in [0.717, 1.165) is 12.0 Å². The molecule has 0 unspecified atom stereocenters. The van der Waals surface area contributed by atoms with Crippen molar-refractivity contribution in [1.29, 1.82) is 0 Å². The summed E-state index contributed by atoms with van der Waals surface area (Å²) in [6.07, 6.45) is 3.27. The van der Waals surface area contributed by atoms with Crippen molar-refractivity contribution >= 4 is 23.2 Å². The van der Waals surface area contributed by atoms with Gasteiger partial charge in [0.1, 0.15) is 5.75 Å². The Hall–Kier alpha value is -0.700. The maximum atomic E-state index is 6.07. The van der Waals surface area contributed by atoms with Crippen LogP contribution in [0.3, 0.4) is 0 Å². The summed E-state index contributed by atoms with van der Waals surface area (Å²) in [5.74, 6) is 0.679. The molecule has 1 aromatic carbocycles. The fourth-order valence-corrected chi connectivity index (χ4v) is 1.95. The van der Waals surface area contributed by atoms with Gasteiger partial charge in [-0.1, -0.05) is 29.3 Å². The van der Waals surface area contributed by atoms with Crippen LogP contribution in [0.15, 0.2) is 24.8 Å². The molecule has 0 saturated carbocycles. The van der Waals surface area contributed by atoms with Gasteiger partial charge in [0.05, 0.1) is 11.6 Å². The number of halogens is 2. The molecule has 2 nitrogen and oxygen atoms in total. The van der Waals surface area contributed by atoms with Gasteiger partial charge in [-0.15, -0.1) is 6.58 Å². The van der Waals surface area contributed by atoms with E-state index in [0.29, 0.717) is 35.4 Å². The third-order valence-electron chi connectivity index (χ3n) is 2.07. The second-order valence-corrected chi connectivity index (χ2v) is 4.18. The fourth-order valence-electron chi connectivity index (χ4n) is 1.36. The Morgan fingerprint density at radius 3 is 2.75 bits per heavy atom. The Bertz CT molecular complexity index is 366. The topological polar surface area (TPSA) is 35.2 Å². The molecule has 4 heteroatoms. The van der Waals surface area contributed by atoms with Crippen molar-refractivity contribution in [2.75, 3.05) is 13.2 Å². The molecule has 88 valence electrons. The van der Waals surface area contributed by atoms with Crippen LogP contribution in [0, 0.1) is 0 Å². The molecule has 0 spiro atoms. The lowest BCUT2D eigenvalue weighted by atomic mass is 10.1. The average Bonchev–Trinajstić information content (AvgIpc) is 2.22. The molecule has 2 N–H and O–H groups in total. The van der Waals surface area contributed by atoms with Crippen LogP contribution in [0.25, 0.3) is 0 Å². The highest BCUT2D eigenvalue weighted by Gasteiger charge is 2.09. The second kappa shape index (κ2) is 6.79. The molecule has 0 aliphatic rings. The van der Waals surface area contributed by atoms with Gasteiger partial charge in [0.15, 0.2) is 0 Å². The number of ether oxygens (including phenoxy) is 1. The van der Waals surface area contributed by atoms with Gasteiger partial charge in [-0.05, 0) is 37.1 Å². The summed E-state index contributed by atoms with van der Waals surface area (Å²) in [7, 11) is 0. The molecule has 1 aromatic rings. The Balaban J connectivity index is 2.89. The van der Waals surface area contributed by atoms with Crippen molar-refractivity contribution in [3.05, 3.63) is 40.4 Å². The van der Waals surface area contributed by atoms with E-state index in [1.54, 1.807) is 12.1 Å². The molecule has 0 atom stereocenters. The second-order valence-electron chi connectivity index (χ2n) is 3.34. The maximum Gasteiger partial charge on any atom is 0.141 e. The highest BCUT2D eigenvalue weighted by molar-refractivity contribution is 6.35. The zero-order chi connectivity index (χ0) is 12.0. The molecular weight excluding hydrogens is 245 g/mol. The maximum absolute atomic E-state index is 6.07. The van der Waals surface area contributed by atoms with Crippen molar-refractivity contribution in [2.24, 2.45) is 5.73 Å². The van der Waals surface area contributed by atoms with Gasteiger partial charge >= 0.3 is 0 Å². The van der Waals surface area contributed by atoms with Crippen molar-refractivity contribution in [1.82, 2.24) is 0 Å². The lowest BCUT2D eigenvalue weighted by Gasteiger charge is -2.12. The van der Waals surface area contributed by atoms with Crippen LogP contribution in [0.1, 0.15) is 12.0 Å². The van der Waals surface area contributed by atoms with Crippen molar-refractivity contribution in [3.63, 3.8) is 0 Å². The smallest absolute Gasteiger partial charge is 0.141 e. The van der Waals surface area contributed by atoms with Gasteiger partial charge in [-0.2, -0.15) is 0 Å². The van der Waals surface area contributed by atoms with Crippen LogP contribution in [-0.2, 0) is 6.42 Å². The molecule has 0 aromatic heterocycles. The summed E-state index contributed by atoms with van der Waals surface area (Å²) in [6, 6.07) is 3.51. The van der Waals surface area contributed by atoms with E-state index in [9.17, 15) is 0 Å². The van der Waals surface area contributed by atoms with Gasteiger partial charge in [0, 0.05) is 5.02 Å². The standard InChI is InChI=1S/C12H15Cl2NO/c1-2-3-6-16-12-9(4-5-15)7-10(13)8-11(12)14/h2,7-8H,1,3-6,15H2. The molecular formula is C12H15Cl2NO. The summed E-state index contributed by atoms with van der Waals surface area (Å²) in [5.41, 5.74) is 6.47. The summed E-state index contributed by atoms with van der Waals surface area (Å²) < 4.78 is 5.60. The molecule has 0 aliphatic heterocycles. The highest BCUT2D eigenvalue weighted by Crippen LogP contribution is 2.32. The predicted octanol–water partition coefficient (Wildman–Crippen LogP) is 3.45. The lowest BCUT2D eigenvalue weighted by molar-refractivity contribution is 0.322. The van der Waals surface area contributed by atoms with E-state index in [4.69, 9.17) is 33.7 Å². The first-order valence-corrected chi connectivity index (χ1v) is 5.86. The summed E-state index contributed by atoms with van der Waals surface area (Å²) in [5, 5.41) is 1.13. The van der Waals surface area contributed by atoms with Crippen molar-refractivity contribution < 1.29 is 4.74 Å². The minimum Gasteiger partial charge on any atom is -0.491 e. The molecule has 0 fully saturated rings. The number of hydrogen-bond donors (Lipinski definition) is 1. The van der Waals surface area contributed by atoms with Crippen LogP contribution in [0.4, 0.5) is 0 Å². The Morgan fingerprint density at radius 2 is 2.12 bits per heavy atom. The molecule has 0 aliphatic carbocycles. The normalized spacial score (nSPS) is 10.2. The number of rotatable bonds is 6. The first kappa shape index (κ1) is 13.4. The van der Waals surface area contributed by atoms with Crippen LogP contribution >= 0.6 is 23.2 Å². The molecule has 0 amide bonds. The lowest BCUT2D eigenvalue weighted by Crippen LogP contribution is -2.06. The zero-order valence-corrected chi connectivity index (χ0v) is 10.5. The molecule has 16 heavy (non-hydrogen) atoms. The van der Waals surface area contributed by atoms with Gasteiger partial charge in [-0.25, -0.2) is 0 Å². The van der Waals surface area contributed by atoms with Gasteiger partial charge in [0.25, 0.3) is 0 Å². The SMILES string of the molecule is C=CCCOc1c(Cl)cc(Cl)cc1CCN. The summed E-state index contributed by atoms with van der Waals surface area (Å²) in [6.45, 7) is 4.73. The molecule has 1 rings (SSSR count). The quantitative estimate of drug-likeness (QED) is 0.628. The van der Waals surface area contributed by atoms with Gasteiger partial charge in [0.2, 0.25) is 0 Å². The van der Waals surface area contributed by atoms with E-state index in [-0.39, 0.29) is 0 Å². The number of hydrogen-bond acceptors (Lipinski definition) is 2. The van der Waals surface area contributed by atoms with Gasteiger partial charge < -0.3 is 10.5 Å².